The van der Waals surface area contributed by atoms with Crippen molar-refractivity contribution in [2.45, 2.75) is 26.3 Å². The fourth-order valence-corrected chi connectivity index (χ4v) is 4.14. The van der Waals surface area contributed by atoms with E-state index in [2.05, 4.69) is 5.32 Å². The number of amides is 4. The summed E-state index contributed by atoms with van der Waals surface area (Å²) in [5, 5.41) is 2.83. The van der Waals surface area contributed by atoms with Crippen LogP contribution in [0, 0.1) is 5.92 Å². The van der Waals surface area contributed by atoms with Crippen LogP contribution in [0.3, 0.4) is 0 Å². The Kier molecular flexibility index (Phi) is 5.84. The smallest absolute Gasteiger partial charge is 0.261 e. The Morgan fingerprint density at radius 2 is 1.65 bits per heavy atom. The molecule has 4 amide bonds. The summed E-state index contributed by atoms with van der Waals surface area (Å²) in [6.45, 7) is 3.54. The summed E-state index contributed by atoms with van der Waals surface area (Å²) in [6.07, 6.45) is 1.64. The molecule has 1 N–H and O–H groups in total. The molecule has 0 unspecified atom stereocenters. The van der Waals surface area contributed by atoms with Crippen LogP contribution in [0.25, 0.3) is 0 Å². The minimum atomic E-state index is -0.368. The third kappa shape index (κ3) is 4.35. The highest BCUT2D eigenvalue weighted by atomic mass is 16.2. The molecule has 2 aromatic carbocycles. The van der Waals surface area contributed by atoms with Gasteiger partial charge in [0.15, 0.2) is 0 Å². The predicted octanol–water partition coefficient (Wildman–Crippen LogP) is 2.47. The van der Waals surface area contributed by atoms with Gasteiger partial charge in [0.05, 0.1) is 17.7 Å². The van der Waals surface area contributed by atoms with Crippen molar-refractivity contribution in [1.29, 1.82) is 0 Å². The molecule has 0 saturated carbocycles. The van der Waals surface area contributed by atoms with Gasteiger partial charge in [-0.2, -0.15) is 0 Å². The molecule has 4 rings (SSSR count). The number of nitrogens with zero attached hydrogens (tertiary/aromatic N) is 2. The van der Waals surface area contributed by atoms with Crippen molar-refractivity contribution in [3.8, 4) is 0 Å². The molecular weight excluding hydrogens is 394 g/mol. The normalized spacial score (nSPS) is 16.4. The third-order valence-corrected chi connectivity index (χ3v) is 5.94. The molecule has 0 spiro atoms. The van der Waals surface area contributed by atoms with E-state index in [0.29, 0.717) is 36.7 Å². The van der Waals surface area contributed by atoms with Gasteiger partial charge in [0.2, 0.25) is 5.91 Å². The fraction of sp³-hybridized carbons (Fsp3) is 0.333. The molecule has 0 radical (unpaired) electrons. The Morgan fingerprint density at radius 1 is 0.968 bits per heavy atom. The molecule has 7 nitrogen and oxygen atoms in total. The first-order valence-corrected chi connectivity index (χ1v) is 10.5. The van der Waals surface area contributed by atoms with Crippen LogP contribution >= 0.6 is 0 Å². The van der Waals surface area contributed by atoms with E-state index in [9.17, 15) is 19.2 Å². The van der Waals surface area contributed by atoms with E-state index in [0.717, 1.165) is 18.4 Å². The number of benzene rings is 2. The van der Waals surface area contributed by atoms with Crippen molar-refractivity contribution in [1.82, 2.24) is 15.1 Å². The summed E-state index contributed by atoms with van der Waals surface area (Å²) in [6, 6.07) is 14.1. The Bertz CT molecular complexity index is 1030. The zero-order chi connectivity index (χ0) is 22.0. The second kappa shape index (κ2) is 8.71. The maximum Gasteiger partial charge on any atom is 0.261 e. The van der Waals surface area contributed by atoms with Crippen molar-refractivity contribution in [2.24, 2.45) is 5.92 Å². The van der Waals surface area contributed by atoms with Crippen molar-refractivity contribution in [2.75, 3.05) is 19.6 Å². The molecule has 0 bridgehead atoms. The molecule has 0 atom stereocenters. The highest BCUT2D eigenvalue weighted by Gasteiger charge is 2.36. The molecule has 31 heavy (non-hydrogen) atoms. The lowest BCUT2D eigenvalue weighted by Gasteiger charge is -2.32. The van der Waals surface area contributed by atoms with Gasteiger partial charge in [0.1, 0.15) is 0 Å². The number of hydrogen-bond donors (Lipinski definition) is 1. The zero-order valence-corrected chi connectivity index (χ0v) is 17.5. The minimum absolute atomic E-state index is 0.0443. The molecule has 0 aliphatic carbocycles. The Labute approximate surface area is 181 Å². The van der Waals surface area contributed by atoms with Crippen molar-refractivity contribution >= 4 is 23.6 Å². The van der Waals surface area contributed by atoms with E-state index in [1.165, 1.54) is 11.8 Å². The molecule has 2 heterocycles. The van der Waals surface area contributed by atoms with E-state index in [-0.39, 0.29) is 35.7 Å². The van der Waals surface area contributed by atoms with Gasteiger partial charge in [-0.05, 0) is 42.5 Å². The summed E-state index contributed by atoms with van der Waals surface area (Å²) in [4.78, 5) is 52.7. The average Bonchev–Trinajstić information content (AvgIpc) is 3.02. The average molecular weight is 419 g/mol. The summed E-state index contributed by atoms with van der Waals surface area (Å²) in [5.74, 6) is -0.521. The second-order valence-corrected chi connectivity index (χ2v) is 8.12. The number of rotatable bonds is 5. The lowest BCUT2D eigenvalue weighted by molar-refractivity contribution is -0.119. The number of imide groups is 1. The van der Waals surface area contributed by atoms with Crippen LogP contribution in [0.5, 0.6) is 0 Å². The number of carbonyl (C=O) groups excluding carboxylic acids is 4. The summed E-state index contributed by atoms with van der Waals surface area (Å²) in [5.41, 5.74) is 1.91. The van der Waals surface area contributed by atoms with E-state index >= 15 is 0 Å². The lowest BCUT2D eigenvalue weighted by atomic mass is 9.96. The van der Waals surface area contributed by atoms with Gasteiger partial charge in [-0.25, -0.2) is 0 Å². The van der Waals surface area contributed by atoms with Crippen LogP contribution in [0.1, 0.15) is 56.4 Å². The van der Waals surface area contributed by atoms with Crippen LogP contribution in [0.4, 0.5) is 0 Å². The van der Waals surface area contributed by atoms with E-state index < -0.39 is 0 Å². The molecule has 1 fully saturated rings. The predicted molar refractivity (Wildman–Crippen MR) is 114 cm³/mol. The van der Waals surface area contributed by atoms with E-state index in [1.54, 1.807) is 23.1 Å². The molecule has 7 heteroatoms. The number of hydrogen-bond acceptors (Lipinski definition) is 4. The van der Waals surface area contributed by atoms with E-state index in [1.807, 2.05) is 30.3 Å². The molecule has 0 aromatic heterocycles. The van der Waals surface area contributed by atoms with Crippen LogP contribution in [-0.2, 0) is 11.3 Å². The lowest BCUT2D eigenvalue weighted by Crippen LogP contribution is -2.41. The number of nitrogens with one attached hydrogen (secondary N) is 1. The van der Waals surface area contributed by atoms with Crippen LogP contribution in [0.2, 0.25) is 0 Å². The zero-order valence-electron chi connectivity index (χ0n) is 17.5. The fourth-order valence-electron chi connectivity index (χ4n) is 4.14. The van der Waals surface area contributed by atoms with Crippen molar-refractivity contribution in [3.63, 3.8) is 0 Å². The Hall–Kier alpha value is -3.48. The SMILES string of the molecule is CC(=O)NCC1CCN(C(=O)c2ccc3c(c2)C(=O)N(Cc2ccccc2)C3=O)CC1. The number of likely N-dealkylation sites (tertiary alicyclic amines) is 1. The van der Waals surface area contributed by atoms with Crippen LogP contribution < -0.4 is 5.32 Å². The number of carbonyl (C=O) groups is 4. The number of piperidine rings is 1. The second-order valence-electron chi connectivity index (χ2n) is 8.12. The highest BCUT2D eigenvalue weighted by Crippen LogP contribution is 2.27. The quantitative estimate of drug-likeness (QED) is 0.755. The Morgan fingerprint density at radius 3 is 2.32 bits per heavy atom. The summed E-state index contributed by atoms with van der Waals surface area (Å²) >= 11 is 0. The topological polar surface area (TPSA) is 86.8 Å². The molecule has 2 aromatic rings. The molecular formula is C24H25N3O4. The molecule has 160 valence electrons. The van der Waals surface area contributed by atoms with Gasteiger partial charge in [0, 0.05) is 32.1 Å². The van der Waals surface area contributed by atoms with E-state index in [4.69, 9.17) is 0 Å². The first-order chi connectivity index (χ1) is 14.9. The van der Waals surface area contributed by atoms with Gasteiger partial charge in [0.25, 0.3) is 17.7 Å². The summed E-state index contributed by atoms with van der Waals surface area (Å²) < 4.78 is 0. The van der Waals surface area contributed by atoms with Gasteiger partial charge in [-0.3, -0.25) is 24.1 Å². The monoisotopic (exact) mass is 419 g/mol. The highest BCUT2D eigenvalue weighted by molar-refractivity contribution is 6.22. The number of fused-ring (bicyclic) bond motifs is 1. The van der Waals surface area contributed by atoms with Crippen molar-refractivity contribution in [3.05, 3.63) is 70.8 Å². The van der Waals surface area contributed by atoms with Gasteiger partial charge in [-0.15, -0.1) is 0 Å². The van der Waals surface area contributed by atoms with Gasteiger partial charge in [-0.1, -0.05) is 30.3 Å². The van der Waals surface area contributed by atoms with Crippen LogP contribution in [-0.4, -0.2) is 53.1 Å². The molecule has 1 saturated heterocycles. The first kappa shape index (κ1) is 20.8. The third-order valence-electron chi connectivity index (χ3n) is 5.94. The first-order valence-electron chi connectivity index (χ1n) is 10.5. The van der Waals surface area contributed by atoms with Crippen molar-refractivity contribution < 1.29 is 19.2 Å². The standard InChI is InChI=1S/C24H25N3O4/c1-16(28)25-14-17-9-11-26(12-10-17)22(29)19-7-8-20-21(13-19)24(31)27(23(20)30)15-18-5-3-2-4-6-18/h2-8,13,17H,9-12,14-15H2,1H3,(H,25,28). The molecule has 2 aliphatic rings. The van der Waals surface area contributed by atoms with Gasteiger partial charge < -0.3 is 10.2 Å². The summed E-state index contributed by atoms with van der Waals surface area (Å²) in [7, 11) is 0. The Balaban J connectivity index is 1.44. The maximum atomic E-state index is 13.0. The van der Waals surface area contributed by atoms with Gasteiger partial charge >= 0.3 is 0 Å². The molecule has 2 aliphatic heterocycles. The maximum absolute atomic E-state index is 13.0. The largest absolute Gasteiger partial charge is 0.356 e. The minimum Gasteiger partial charge on any atom is -0.356 e. The van der Waals surface area contributed by atoms with Crippen LogP contribution in [0.15, 0.2) is 48.5 Å².